The number of unbranched alkanes of at least 4 members (excludes halogenated alkanes) is 1. The number of hydrogen-bond donors (Lipinski definition) is 1. The summed E-state index contributed by atoms with van der Waals surface area (Å²) < 4.78 is 88.8. The first-order chi connectivity index (χ1) is 8.46. The van der Waals surface area contributed by atoms with Gasteiger partial charge in [-0.2, -0.15) is 21.6 Å². The van der Waals surface area contributed by atoms with Gasteiger partial charge in [0.1, 0.15) is 0 Å². The van der Waals surface area contributed by atoms with E-state index in [0.29, 0.717) is 6.42 Å². The van der Waals surface area contributed by atoms with Crippen LogP contribution in [0.4, 0.5) is 13.2 Å². The lowest BCUT2D eigenvalue weighted by atomic mass is 10.3. The van der Waals surface area contributed by atoms with Gasteiger partial charge in [-0.25, -0.2) is 8.42 Å². The van der Waals surface area contributed by atoms with Gasteiger partial charge in [0.15, 0.2) is 10.1 Å². The predicted octanol–water partition coefficient (Wildman–Crippen LogP) is 0.412. The van der Waals surface area contributed by atoms with Gasteiger partial charge in [0, 0.05) is 0 Å². The van der Waals surface area contributed by atoms with Crippen LogP contribution in [0.3, 0.4) is 0 Å². The highest BCUT2D eigenvalue weighted by molar-refractivity contribution is 7.86. The summed E-state index contributed by atoms with van der Waals surface area (Å²) in [5.74, 6) is -0.118. The summed E-state index contributed by atoms with van der Waals surface area (Å²) >= 11 is 0. The average Bonchev–Trinajstić information content (AvgIpc) is 2.07. The average molecular weight is 345 g/mol. The molecule has 0 bridgehead atoms. The minimum atomic E-state index is -6.09. The van der Waals surface area contributed by atoms with E-state index in [1.54, 1.807) is 0 Å². The molecule has 12 heteroatoms. The first kappa shape index (κ1) is 21.9. The van der Waals surface area contributed by atoms with E-state index >= 15 is 0 Å². The summed E-state index contributed by atoms with van der Waals surface area (Å²) in [5.41, 5.74) is -5.65. The smallest absolute Gasteiger partial charge is 0.485 e. The van der Waals surface area contributed by atoms with Gasteiger partial charge in [0.2, 0.25) is 0 Å². The first-order valence-corrected chi connectivity index (χ1v) is 8.25. The molecule has 0 amide bonds. The molecule has 124 valence electrons. The molecule has 0 aromatic carbocycles. The van der Waals surface area contributed by atoms with Crippen LogP contribution in [-0.4, -0.2) is 69.4 Å². The Morgan fingerprint density at radius 2 is 1.40 bits per heavy atom. The Balaban J connectivity index is 0. The zero-order chi connectivity index (χ0) is 16.8. The lowest BCUT2D eigenvalue weighted by molar-refractivity contribution is -0.870. The topological polar surface area (TPSA) is 112 Å². The van der Waals surface area contributed by atoms with Crippen LogP contribution in [0.1, 0.15) is 12.8 Å². The molecule has 1 N–H and O–H groups in total. The van der Waals surface area contributed by atoms with E-state index in [1.165, 1.54) is 0 Å². The van der Waals surface area contributed by atoms with E-state index in [2.05, 4.69) is 0 Å². The standard InChI is InChI=1S/C7H17NO3S.CHF3O3S/c1-8(2,3)6-4-5-7-12(9,10)11;2-1(3,4)8(5,6)7/h4-7H2,1-3H3;(H,5,6,7). The zero-order valence-electron chi connectivity index (χ0n) is 11.2. The van der Waals surface area contributed by atoms with Gasteiger partial charge >= 0.3 is 5.51 Å². The van der Waals surface area contributed by atoms with E-state index < -0.39 is 25.7 Å². The van der Waals surface area contributed by atoms with E-state index in [0.717, 1.165) is 17.4 Å². The summed E-state index contributed by atoms with van der Waals surface area (Å²) in [4.78, 5) is 0. The molecule has 0 saturated carbocycles. The second-order valence-electron chi connectivity index (χ2n) is 4.91. The molecule has 0 spiro atoms. The van der Waals surface area contributed by atoms with Gasteiger partial charge in [0.05, 0.1) is 33.4 Å². The van der Waals surface area contributed by atoms with Gasteiger partial charge in [-0.15, -0.1) is 0 Å². The molecular weight excluding hydrogens is 327 g/mol. The lowest BCUT2D eigenvalue weighted by Gasteiger charge is -2.23. The van der Waals surface area contributed by atoms with E-state index in [-0.39, 0.29) is 5.75 Å². The van der Waals surface area contributed by atoms with Gasteiger partial charge in [-0.05, 0) is 12.8 Å². The zero-order valence-corrected chi connectivity index (χ0v) is 12.8. The molecule has 0 aromatic heterocycles. The summed E-state index contributed by atoms with van der Waals surface area (Å²) in [5, 5.41) is 0. The van der Waals surface area contributed by atoms with E-state index in [1.807, 2.05) is 21.1 Å². The van der Waals surface area contributed by atoms with Gasteiger partial charge in [-0.1, -0.05) is 0 Å². The van der Waals surface area contributed by atoms with Crippen LogP contribution in [0.25, 0.3) is 0 Å². The maximum Gasteiger partial charge on any atom is 0.485 e. The van der Waals surface area contributed by atoms with Crippen molar-refractivity contribution in [2.75, 3.05) is 33.4 Å². The van der Waals surface area contributed by atoms with E-state index in [4.69, 9.17) is 17.5 Å². The van der Waals surface area contributed by atoms with Gasteiger partial charge < -0.3 is 9.04 Å². The summed E-state index contributed by atoms with van der Waals surface area (Å²) in [6, 6.07) is 0. The van der Waals surface area contributed by atoms with Crippen LogP contribution in [0.2, 0.25) is 0 Å². The van der Waals surface area contributed by atoms with Crippen molar-refractivity contribution < 1.29 is 43.6 Å². The Morgan fingerprint density at radius 3 is 1.60 bits per heavy atom. The Hall–Kier alpha value is -0.430. The first-order valence-electron chi connectivity index (χ1n) is 5.23. The van der Waals surface area contributed by atoms with Crippen LogP contribution in [0.5, 0.6) is 0 Å². The highest BCUT2D eigenvalue weighted by Gasteiger charge is 2.36. The quantitative estimate of drug-likeness (QED) is 0.334. The second-order valence-corrected chi connectivity index (χ2v) is 7.85. The number of nitrogens with zero attached hydrogens (tertiary/aromatic N) is 1. The molecule has 0 saturated heterocycles. The van der Waals surface area contributed by atoms with Crippen molar-refractivity contribution in [2.45, 2.75) is 18.3 Å². The molecule has 0 radical (unpaired) electrons. The third-order valence-electron chi connectivity index (χ3n) is 1.76. The number of quaternary nitrogens is 1. The molecule has 20 heavy (non-hydrogen) atoms. The maximum absolute atomic E-state index is 10.7. The van der Waals surface area contributed by atoms with Crippen molar-refractivity contribution in [1.29, 1.82) is 0 Å². The lowest BCUT2D eigenvalue weighted by Crippen LogP contribution is -2.35. The molecule has 0 fully saturated rings. The van der Waals surface area contributed by atoms with Crippen LogP contribution >= 0.6 is 0 Å². The van der Waals surface area contributed by atoms with Crippen LogP contribution < -0.4 is 0 Å². The minimum Gasteiger partial charge on any atom is -0.741 e. The van der Waals surface area contributed by atoms with Crippen molar-refractivity contribution in [1.82, 2.24) is 0 Å². The molecular formula is C8H18F3NO6S2. The van der Waals surface area contributed by atoms with Gasteiger partial charge in [-0.3, -0.25) is 4.55 Å². The third-order valence-corrected chi connectivity index (χ3v) is 3.14. The largest absolute Gasteiger partial charge is 0.741 e. The fraction of sp³-hybridized carbons (Fsp3) is 1.00. The highest BCUT2D eigenvalue weighted by Crippen LogP contribution is 2.20. The Labute approximate surface area is 116 Å². The number of rotatable bonds is 5. The van der Waals surface area contributed by atoms with E-state index in [9.17, 15) is 21.6 Å². The second kappa shape index (κ2) is 7.54. The van der Waals surface area contributed by atoms with Crippen LogP contribution in [0, 0.1) is 0 Å². The third kappa shape index (κ3) is 15.6. The molecule has 0 atom stereocenters. The SMILES string of the molecule is C[N+](C)(C)CCCCS(=O)(=O)O.O=S(=O)([O-])C(F)(F)F. The summed E-state index contributed by atoms with van der Waals surface area (Å²) in [7, 11) is -3.69. The summed E-state index contributed by atoms with van der Waals surface area (Å²) in [6.45, 7) is 0.926. The fourth-order valence-corrected chi connectivity index (χ4v) is 1.44. The Kier molecular flexibility index (Phi) is 8.24. The molecule has 0 aliphatic carbocycles. The van der Waals surface area contributed by atoms with Crippen molar-refractivity contribution in [2.24, 2.45) is 0 Å². The fourth-order valence-electron chi connectivity index (χ4n) is 0.871. The van der Waals surface area contributed by atoms with Crippen molar-refractivity contribution in [3.8, 4) is 0 Å². The predicted molar refractivity (Wildman–Crippen MR) is 64.3 cm³/mol. The Morgan fingerprint density at radius 1 is 1.05 bits per heavy atom. The highest BCUT2D eigenvalue weighted by atomic mass is 32.2. The maximum atomic E-state index is 10.7. The van der Waals surface area contributed by atoms with Crippen LogP contribution in [-0.2, 0) is 20.2 Å². The number of alkyl halides is 3. The number of halogens is 3. The van der Waals surface area contributed by atoms with Gasteiger partial charge in [0.25, 0.3) is 10.1 Å². The van der Waals surface area contributed by atoms with Crippen molar-refractivity contribution in [3.05, 3.63) is 0 Å². The molecule has 0 unspecified atom stereocenters. The molecule has 0 aliphatic heterocycles. The molecule has 0 rings (SSSR count). The molecule has 0 aromatic rings. The van der Waals surface area contributed by atoms with Crippen LogP contribution in [0.15, 0.2) is 0 Å². The molecule has 7 nitrogen and oxygen atoms in total. The summed E-state index contributed by atoms with van der Waals surface area (Å²) in [6.07, 6.45) is 1.36. The minimum absolute atomic E-state index is 0.118. The normalized spacial score (nSPS) is 13.6. The molecule has 0 aliphatic rings. The Bertz CT molecular complexity index is 477. The number of hydrogen-bond acceptors (Lipinski definition) is 5. The van der Waals surface area contributed by atoms with Crippen molar-refractivity contribution >= 4 is 20.2 Å². The van der Waals surface area contributed by atoms with Crippen molar-refractivity contribution in [3.63, 3.8) is 0 Å². The monoisotopic (exact) mass is 345 g/mol. The molecule has 0 heterocycles.